The van der Waals surface area contributed by atoms with Gasteiger partial charge in [0.25, 0.3) is 0 Å². The Bertz CT molecular complexity index is 927. The normalized spacial score (nSPS) is 11.8. The van der Waals surface area contributed by atoms with Crippen molar-refractivity contribution in [2.24, 2.45) is 0 Å². The molecule has 1 amide bonds. The van der Waals surface area contributed by atoms with E-state index in [0.29, 0.717) is 17.9 Å². The monoisotopic (exact) mass is 396 g/mol. The Morgan fingerprint density at radius 1 is 1.14 bits per heavy atom. The number of hydrogen-bond donors (Lipinski definition) is 1. The molecule has 28 heavy (non-hydrogen) atoms. The summed E-state index contributed by atoms with van der Waals surface area (Å²) in [5, 5.41) is 12.0. The molecular weight excluding hydrogens is 372 g/mol. The minimum Gasteiger partial charge on any atom is -0.495 e. The molecule has 0 aliphatic carbocycles. The summed E-state index contributed by atoms with van der Waals surface area (Å²) in [4.78, 5) is 12.6. The van der Waals surface area contributed by atoms with Gasteiger partial charge in [-0.15, -0.1) is 10.2 Å². The summed E-state index contributed by atoms with van der Waals surface area (Å²) in [6.07, 6.45) is 0.712. The van der Waals surface area contributed by atoms with Crippen LogP contribution in [-0.4, -0.2) is 33.0 Å². The third kappa shape index (κ3) is 4.72. The van der Waals surface area contributed by atoms with Gasteiger partial charge in [-0.05, 0) is 31.5 Å². The second-order valence-electron chi connectivity index (χ2n) is 6.26. The zero-order valence-electron chi connectivity index (χ0n) is 16.3. The number of ether oxygens (including phenoxy) is 1. The lowest BCUT2D eigenvalue weighted by atomic mass is 10.1. The lowest BCUT2D eigenvalue weighted by Gasteiger charge is -2.14. The number of nitrogens with zero attached hydrogens (tertiary/aromatic N) is 3. The van der Waals surface area contributed by atoms with E-state index >= 15 is 0 Å². The van der Waals surface area contributed by atoms with Gasteiger partial charge in [0.1, 0.15) is 11.6 Å². The van der Waals surface area contributed by atoms with E-state index in [1.807, 2.05) is 49.4 Å². The van der Waals surface area contributed by atoms with Crippen molar-refractivity contribution in [2.75, 3.05) is 12.4 Å². The van der Waals surface area contributed by atoms with Crippen molar-refractivity contribution >= 4 is 23.4 Å². The fraction of sp³-hybridized carbons (Fsp3) is 0.286. The van der Waals surface area contributed by atoms with Crippen molar-refractivity contribution in [3.05, 3.63) is 66.0 Å². The number of amides is 1. The van der Waals surface area contributed by atoms with Crippen molar-refractivity contribution in [1.29, 1.82) is 0 Å². The van der Waals surface area contributed by atoms with Gasteiger partial charge in [-0.25, -0.2) is 0 Å². The zero-order chi connectivity index (χ0) is 19.9. The summed E-state index contributed by atoms with van der Waals surface area (Å²) < 4.78 is 7.35. The van der Waals surface area contributed by atoms with Gasteiger partial charge in [-0.3, -0.25) is 4.79 Å². The van der Waals surface area contributed by atoms with Crippen molar-refractivity contribution < 1.29 is 9.53 Å². The molecule has 3 aromatic rings. The van der Waals surface area contributed by atoms with Gasteiger partial charge in [0, 0.05) is 13.0 Å². The molecule has 0 spiro atoms. The van der Waals surface area contributed by atoms with Gasteiger partial charge in [0.15, 0.2) is 5.16 Å². The van der Waals surface area contributed by atoms with Crippen molar-refractivity contribution in [3.63, 3.8) is 0 Å². The molecule has 2 aromatic carbocycles. The van der Waals surface area contributed by atoms with E-state index in [-0.39, 0.29) is 11.2 Å². The Hall–Kier alpha value is -2.80. The summed E-state index contributed by atoms with van der Waals surface area (Å²) in [6, 6.07) is 17.5. The maximum Gasteiger partial charge on any atom is 0.237 e. The average Bonchev–Trinajstić information content (AvgIpc) is 3.10. The number of aromatic nitrogens is 3. The number of nitrogens with one attached hydrogen (secondary N) is 1. The van der Waals surface area contributed by atoms with Crippen LogP contribution in [0, 0.1) is 0 Å². The predicted octanol–water partition coefficient (Wildman–Crippen LogP) is 4.02. The number of rotatable bonds is 8. The molecule has 0 bridgehead atoms. The van der Waals surface area contributed by atoms with Crippen LogP contribution in [0.2, 0.25) is 0 Å². The molecule has 1 atom stereocenters. The minimum atomic E-state index is -0.330. The van der Waals surface area contributed by atoms with Crippen LogP contribution in [0.25, 0.3) is 0 Å². The highest BCUT2D eigenvalue weighted by Crippen LogP contribution is 2.27. The number of methoxy groups -OCH3 is 1. The van der Waals surface area contributed by atoms with Crippen molar-refractivity contribution in [1.82, 2.24) is 14.8 Å². The average molecular weight is 397 g/mol. The summed E-state index contributed by atoms with van der Waals surface area (Å²) in [6.45, 7) is 4.67. The number of thioether (sulfide) groups is 1. The Morgan fingerprint density at radius 3 is 2.57 bits per heavy atom. The Labute approximate surface area is 169 Å². The molecule has 0 radical (unpaired) electrons. The molecule has 7 heteroatoms. The van der Waals surface area contributed by atoms with Crippen molar-refractivity contribution in [3.8, 4) is 5.75 Å². The Balaban J connectivity index is 1.69. The number of carbonyl (C=O) groups excluding carboxylic acids is 1. The smallest absolute Gasteiger partial charge is 0.237 e. The van der Waals surface area contributed by atoms with Crippen LogP contribution in [0.15, 0.2) is 59.8 Å². The molecule has 1 unspecified atom stereocenters. The number of para-hydroxylation sites is 2. The predicted molar refractivity (Wildman–Crippen MR) is 112 cm³/mol. The van der Waals surface area contributed by atoms with Gasteiger partial charge in [-0.1, -0.05) is 54.2 Å². The summed E-state index contributed by atoms with van der Waals surface area (Å²) >= 11 is 1.40. The SMILES string of the molecule is CCn1c(Cc2ccccc2)nnc1SC(C)C(=O)Nc1ccccc1OC. The molecule has 0 aliphatic rings. The quantitative estimate of drug-likeness (QED) is 0.583. The van der Waals surface area contributed by atoms with E-state index in [1.165, 1.54) is 17.3 Å². The highest BCUT2D eigenvalue weighted by Gasteiger charge is 2.20. The van der Waals surface area contributed by atoms with Crippen LogP contribution in [-0.2, 0) is 17.8 Å². The molecule has 3 rings (SSSR count). The fourth-order valence-electron chi connectivity index (χ4n) is 2.83. The van der Waals surface area contributed by atoms with E-state index in [0.717, 1.165) is 17.5 Å². The molecule has 1 aromatic heterocycles. The third-order valence-electron chi connectivity index (χ3n) is 4.33. The first kappa shape index (κ1) is 19.9. The van der Waals surface area contributed by atoms with E-state index in [4.69, 9.17) is 4.74 Å². The van der Waals surface area contributed by atoms with Gasteiger partial charge < -0.3 is 14.6 Å². The van der Waals surface area contributed by atoms with Gasteiger partial charge in [-0.2, -0.15) is 0 Å². The molecular formula is C21H24N4O2S. The second kappa shape index (κ2) is 9.41. The largest absolute Gasteiger partial charge is 0.495 e. The molecule has 0 aliphatic heterocycles. The van der Waals surface area contributed by atoms with Gasteiger partial charge in [0.2, 0.25) is 5.91 Å². The Morgan fingerprint density at radius 2 is 1.86 bits per heavy atom. The van der Waals surface area contributed by atoms with E-state index < -0.39 is 0 Å². The van der Waals surface area contributed by atoms with E-state index in [2.05, 4.69) is 39.1 Å². The molecule has 0 saturated heterocycles. The van der Waals surface area contributed by atoms with Crippen LogP contribution in [0.4, 0.5) is 5.69 Å². The number of anilines is 1. The maximum atomic E-state index is 12.6. The maximum absolute atomic E-state index is 12.6. The van der Waals surface area contributed by atoms with Crippen LogP contribution in [0.5, 0.6) is 5.75 Å². The summed E-state index contributed by atoms with van der Waals surface area (Å²) in [7, 11) is 1.58. The lowest BCUT2D eigenvalue weighted by Crippen LogP contribution is -2.23. The standard InChI is InChI=1S/C21H24N4O2S/c1-4-25-19(14-16-10-6-5-7-11-16)23-24-21(25)28-15(2)20(26)22-17-12-8-9-13-18(17)27-3/h5-13,15H,4,14H2,1-3H3,(H,22,26). The van der Waals surface area contributed by atoms with Crippen LogP contribution in [0.3, 0.4) is 0 Å². The lowest BCUT2D eigenvalue weighted by molar-refractivity contribution is -0.115. The van der Waals surface area contributed by atoms with Crippen LogP contribution in [0.1, 0.15) is 25.2 Å². The molecule has 0 fully saturated rings. The minimum absolute atomic E-state index is 0.107. The highest BCUT2D eigenvalue weighted by atomic mass is 32.2. The summed E-state index contributed by atoms with van der Waals surface area (Å²) in [5.41, 5.74) is 1.84. The molecule has 1 N–H and O–H groups in total. The summed E-state index contributed by atoms with van der Waals surface area (Å²) in [5.74, 6) is 1.42. The second-order valence-corrected chi connectivity index (χ2v) is 7.56. The van der Waals surface area contributed by atoms with Crippen LogP contribution >= 0.6 is 11.8 Å². The molecule has 1 heterocycles. The van der Waals surface area contributed by atoms with Gasteiger partial charge in [0.05, 0.1) is 18.0 Å². The number of carbonyl (C=O) groups is 1. The van der Waals surface area contributed by atoms with Crippen molar-refractivity contribution in [2.45, 2.75) is 37.2 Å². The van der Waals surface area contributed by atoms with E-state index in [1.54, 1.807) is 7.11 Å². The van der Waals surface area contributed by atoms with Crippen LogP contribution < -0.4 is 10.1 Å². The fourth-order valence-corrected chi connectivity index (χ4v) is 3.76. The highest BCUT2D eigenvalue weighted by molar-refractivity contribution is 8.00. The first-order valence-electron chi connectivity index (χ1n) is 9.19. The molecule has 0 saturated carbocycles. The number of benzene rings is 2. The molecule has 146 valence electrons. The topological polar surface area (TPSA) is 69.0 Å². The number of hydrogen-bond acceptors (Lipinski definition) is 5. The van der Waals surface area contributed by atoms with E-state index in [9.17, 15) is 4.79 Å². The molecule has 6 nitrogen and oxygen atoms in total. The van der Waals surface area contributed by atoms with Gasteiger partial charge >= 0.3 is 0 Å². The first-order valence-corrected chi connectivity index (χ1v) is 10.1. The first-order chi connectivity index (χ1) is 13.6. The third-order valence-corrected chi connectivity index (χ3v) is 5.41. The Kier molecular flexibility index (Phi) is 6.71. The zero-order valence-corrected chi connectivity index (χ0v) is 17.1.